The third-order valence-electron chi connectivity index (χ3n) is 4.48. The molecule has 110 valence electrons. The second kappa shape index (κ2) is 4.70. The van der Waals surface area contributed by atoms with E-state index >= 15 is 0 Å². The Morgan fingerprint density at radius 1 is 1.35 bits per heavy atom. The van der Waals surface area contributed by atoms with Crippen LogP contribution in [0.3, 0.4) is 0 Å². The third kappa shape index (κ3) is 2.67. The van der Waals surface area contributed by atoms with E-state index in [-0.39, 0.29) is 5.41 Å². The maximum absolute atomic E-state index is 12.4. The lowest BCUT2D eigenvalue weighted by molar-refractivity contribution is -0.206. The minimum atomic E-state index is -4.37. The standard InChI is InChI=1S/C14H17F3N2O/c15-14(16,17)12-2-1-11(7-18-12)5-10-3-4-13(6-10)8-19(20)9-13/h1-2,7,10,20H,3-6,8-9H2. The van der Waals surface area contributed by atoms with Crippen LogP contribution in [0, 0.1) is 11.3 Å². The van der Waals surface area contributed by atoms with Crippen molar-refractivity contribution in [1.82, 2.24) is 10.0 Å². The highest BCUT2D eigenvalue weighted by molar-refractivity contribution is 5.17. The quantitative estimate of drug-likeness (QED) is 0.907. The molecule has 3 rings (SSSR count). The first kappa shape index (κ1) is 13.8. The molecule has 0 aromatic carbocycles. The number of halogens is 3. The van der Waals surface area contributed by atoms with Gasteiger partial charge in [0.15, 0.2) is 0 Å². The van der Waals surface area contributed by atoms with Gasteiger partial charge in [0.25, 0.3) is 0 Å². The molecule has 2 fully saturated rings. The fraction of sp³-hybridized carbons (Fsp3) is 0.643. The van der Waals surface area contributed by atoms with Gasteiger partial charge < -0.3 is 5.21 Å². The van der Waals surface area contributed by atoms with Gasteiger partial charge in [-0.1, -0.05) is 6.07 Å². The van der Waals surface area contributed by atoms with Crippen molar-refractivity contribution < 1.29 is 18.4 Å². The van der Waals surface area contributed by atoms with Crippen molar-refractivity contribution in [2.75, 3.05) is 13.1 Å². The largest absolute Gasteiger partial charge is 0.433 e. The summed E-state index contributed by atoms with van der Waals surface area (Å²) < 4.78 is 37.3. The molecule has 1 aromatic rings. The Kier molecular flexibility index (Phi) is 3.25. The fourth-order valence-electron chi connectivity index (χ4n) is 3.56. The van der Waals surface area contributed by atoms with Crippen molar-refractivity contribution in [3.63, 3.8) is 0 Å². The van der Waals surface area contributed by atoms with Crippen molar-refractivity contribution in [1.29, 1.82) is 0 Å². The minimum Gasteiger partial charge on any atom is -0.314 e. The molecular formula is C14H17F3N2O. The number of hydrogen-bond donors (Lipinski definition) is 1. The van der Waals surface area contributed by atoms with Crippen molar-refractivity contribution in [3.05, 3.63) is 29.6 Å². The van der Waals surface area contributed by atoms with E-state index < -0.39 is 11.9 Å². The van der Waals surface area contributed by atoms with Gasteiger partial charge in [-0.05, 0) is 43.2 Å². The van der Waals surface area contributed by atoms with Crippen LogP contribution in [-0.2, 0) is 12.6 Å². The average molecular weight is 286 g/mol. The number of alkyl halides is 3. The smallest absolute Gasteiger partial charge is 0.314 e. The van der Waals surface area contributed by atoms with E-state index in [2.05, 4.69) is 4.98 Å². The van der Waals surface area contributed by atoms with E-state index in [1.165, 1.54) is 17.3 Å². The summed E-state index contributed by atoms with van der Waals surface area (Å²) in [5, 5.41) is 10.6. The molecule has 0 radical (unpaired) electrons. The van der Waals surface area contributed by atoms with Crippen LogP contribution >= 0.6 is 0 Å². The fourth-order valence-corrected chi connectivity index (χ4v) is 3.56. The lowest BCUT2D eigenvalue weighted by Gasteiger charge is -2.44. The Bertz CT molecular complexity index is 480. The highest BCUT2D eigenvalue weighted by Crippen LogP contribution is 2.48. The second-order valence-corrected chi connectivity index (χ2v) is 6.19. The van der Waals surface area contributed by atoms with Crippen molar-refractivity contribution in [3.8, 4) is 0 Å². The van der Waals surface area contributed by atoms with E-state index in [9.17, 15) is 18.4 Å². The molecule has 6 heteroatoms. The summed E-state index contributed by atoms with van der Waals surface area (Å²) in [6.07, 6.45) is 0.973. The zero-order valence-electron chi connectivity index (χ0n) is 11.0. The number of rotatable bonds is 2. The molecule has 1 atom stereocenters. The maximum atomic E-state index is 12.4. The first-order chi connectivity index (χ1) is 9.36. The van der Waals surface area contributed by atoms with Crippen LogP contribution in [0.4, 0.5) is 13.2 Å². The summed E-state index contributed by atoms with van der Waals surface area (Å²) in [7, 11) is 0. The lowest BCUT2D eigenvalue weighted by atomic mass is 9.78. The van der Waals surface area contributed by atoms with Crippen LogP contribution in [0.25, 0.3) is 0 Å². The van der Waals surface area contributed by atoms with E-state index in [4.69, 9.17) is 0 Å². The Morgan fingerprint density at radius 2 is 2.10 bits per heavy atom. The summed E-state index contributed by atoms with van der Waals surface area (Å²) in [4.78, 5) is 3.50. The Balaban J connectivity index is 1.59. The molecule has 0 amide bonds. The highest BCUT2D eigenvalue weighted by Gasteiger charge is 2.47. The number of pyridine rings is 1. The van der Waals surface area contributed by atoms with Gasteiger partial charge in [-0.3, -0.25) is 4.98 Å². The summed E-state index contributed by atoms with van der Waals surface area (Å²) >= 11 is 0. The molecule has 20 heavy (non-hydrogen) atoms. The van der Waals surface area contributed by atoms with Gasteiger partial charge in [-0.25, -0.2) is 0 Å². The number of aromatic nitrogens is 1. The predicted octanol–water partition coefficient (Wildman–Crippen LogP) is 3.13. The second-order valence-electron chi connectivity index (χ2n) is 6.19. The SMILES string of the molecule is ON1CC2(CCC(Cc3ccc(C(F)(F)F)nc3)C2)C1. The van der Waals surface area contributed by atoms with E-state index in [1.54, 1.807) is 0 Å². The Morgan fingerprint density at radius 3 is 2.65 bits per heavy atom. The van der Waals surface area contributed by atoms with Gasteiger partial charge in [0, 0.05) is 24.7 Å². The number of hydrogen-bond acceptors (Lipinski definition) is 3. The minimum absolute atomic E-state index is 0.249. The van der Waals surface area contributed by atoms with Crippen LogP contribution in [0.5, 0.6) is 0 Å². The van der Waals surface area contributed by atoms with Crippen LogP contribution in [0.2, 0.25) is 0 Å². The predicted molar refractivity (Wildman–Crippen MR) is 66.1 cm³/mol. The zero-order chi connectivity index (χ0) is 14.4. The van der Waals surface area contributed by atoms with Crippen molar-refractivity contribution >= 4 is 0 Å². The van der Waals surface area contributed by atoms with E-state index in [1.807, 2.05) is 0 Å². The topological polar surface area (TPSA) is 36.4 Å². The molecule has 1 aliphatic heterocycles. The monoisotopic (exact) mass is 286 g/mol. The first-order valence-electron chi connectivity index (χ1n) is 6.82. The molecular weight excluding hydrogens is 269 g/mol. The van der Waals surface area contributed by atoms with Crippen LogP contribution in [0.1, 0.15) is 30.5 Å². The summed E-state index contributed by atoms with van der Waals surface area (Å²) in [6, 6.07) is 2.58. The van der Waals surface area contributed by atoms with Gasteiger partial charge >= 0.3 is 6.18 Å². The Hall–Kier alpha value is -1.14. The van der Waals surface area contributed by atoms with E-state index in [0.29, 0.717) is 5.92 Å². The van der Waals surface area contributed by atoms with Crippen molar-refractivity contribution in [2.45, 2.75) is 31.9 Å². The van der Waals surface area contributed by atoms with Gasteiger partial charge in [-0.15, -0.1) is 0 Å². The summed E-state index contributed by atoms with van der Waals surface area (Å²) in [5.41, 5.74) is 0.276. The van der Waals surface area contributed by atoms with Gasteiger partial charge in [0.05, 0.1) is 0 Å². The molecule has 2 aliphatic rings. The van der Waals surface area contributed by atoms with Crippen LogP contribution in [-0.4, -0.2) is 28.3 Å². The molecule has 1 saturated heterocycles. The normalized spacial score (nSPS) is 25.9. The molecule has 2 heterocycles. The van der Waals surface area contributed by atoms with E-state index in [0.717, 1.165) is 50.4 Å². The first-order valence-corrected chi connectivity index (χ1v) is 6.82. The third-order valence-corrected chi connectivity index (χ3v) is 4.48. The van der Waals surface area contributed by atoms with Gasteiger partial charge in [0.1, 0.15) is 5.69 Å². The van der Waals surface area contributed by atoms with Crippen LogP contribution in [0.15, 0.2) is 18.3 Å². The average Bonchev–Trinajstić information content (AvgIpc) is 2.72. The molecule has 1 spiro atoms. The molecule has 3 nitrogen and oxygen atoms in total. The summed E-state index contributed by atoms with van der Waals surface area (Å²) in [5.74, 6) is 0.488. The van der Waals surface area contributed by atoms with Crippen LogP contribution < -0.4 is 0 Å². The number of hydroxylamine groups is 2. The van der Waals surface area contributed by atoms with Gasteiger partial charge in [0.2, 0.25) is 0 Å². The molecule has 1 saturated carbocycles. The molecule has 1 unspecified atom stereocenters. The van der Waals surface area contributed by atoms with Crippen molar-refractivity contribution in [2.24, 2.45) is 11.3 Å². The maximum Gasteiger partial charge on any atom is 0.433 e. The Labute approximate surface area is 115 Å². The van der Waals surface area contributed by atoms with Gasteiger partial charge in [-0.2, -0.15) is 18.2 Å². The zero-order valence-corrected chi connectivity index (χ0v) is 11.0. The summed E-state index contributed by atoms with van der Waals surface area (Å²) in [6.45, 7) is 1.46. The molecule has 1 aromatic heterocycles. The molecule has 1 aliphatic carbocycles. The molecule has 0 bridgehead atoms. The molecule has 1 N–H and O–H groups in total. The lowest BCUT2D eigenvalue weighted by Crippen LogP contribution is -2.53. The highest BCUT2D eigenvalue weighted by atomic mass is 19.4. The number of nitrogens with zero attached hydrogens (tertiary/aromatic N) is 2.